The zero-order valence-electron chi connectivity index (χ0n) is 11.4. The number of rotatable bonds is 3. The normalized spacial score (nSPS) is 24.6. The highest BCUT2D eigenvalue weighted by Gasteiger charge is 2.22. The van der Waals surface area contributed by atoms with Crippen LogP contribution in [-0.2, 0) is 6.42 Å². The topological polar surface area (TPSA) is 61.0 Å². The minimum atomic E-state index is 0.103. The summed E-state index contributed by atoms with van der Waals surface area (Å²) in [5.74, 6) is 1.45. The summed E-state index contributed by atoms with van der Waals surface area (Å²) in [4.78, 5) is 8.71. The molecule has 2 unspecified atom stereocenters. The molecule has 2 rings (SSSR count). The van der Waals surface area contributed by atoms with Crippen LogP contribution in [0.5, 0.6) is 5.88 Å². The SMILES string of the molecule is CCc1cc(OC2CCCCCC2N)nc(C)n1. The van der Waals surface area contributed by atoms with E-state index in [0.29, 0.717) is 5.88 Å². The number of hydrogen-bond donors (Lipinski definition) is 1. The number of ether oxygens (including phenoxy) is 1. The second kappa shape index (κ2) is 6.14. The molecule has 2 N–H and O–H groups in total. The van der Waals surface area contributed by atoms with E-state index >= 15 is 0 Å². The highest BCUT2D eigenvalue weighted by molar-refractivity contribution is 5.16. The van der Waals surface area contributed by atoms with Crippen LogP contribution in [0.1, 0.15) is 50.5 Å². The Kier molecular flexibility index (Phi) is 4.53. The maximum atomic E-state index is 6.17. The van der Waals surface area contributed by atoms with Crippen molar-refractivity contribution in [3.8, 4) is 5.88 Å². The third kappa shape index (κ3) is 3.42. The first-order valence-corrected chi connectivity index (χ1v) is 6.96. The summed E-state index contributed by atoms with van der Waals surface area (Å²) in [6, 6.07) is 2.07. The highest BCUT2D eigenvalue weighted by atomic mass is 16.5. The van der Waals surface area contributed by atoms with E-state index in [-0.39, 0.29) is 12.1 Å². The van der Waals surface area contributed by atoms with Gasteiger partial charge in [0.1, 0.15) is 11.9 Å². The molecule has 4 heteroatoms. The van der Waals surface area contributed by atoms with Gasteiger partial charge in [-0.15, -0.1) is 0 Å². The van der Waals surface area contributed by atoms with Gasteiger partial charge in [0.2, 0.25) is 5.88 Å². The molecule has 1 aliphatic rings. The number of aryl methyl sites for hydroxylation is 2. The van der Waals surface area contributed by atoms with E-state index in [0.717, 1.165) is 30.8 Å². The summed E-state index contributed by atoms with van der Waals surface area (Å²) in [5, 5.41) is 0. The van der Waals surface area contributed by atoms with Crippen molar-refractivity contribution in [2.75, 3.05) is 0 Å². The van der Waals surface area contributed by atoms with Crippen LogP contribution in [0.2, 0.25) is 0 Å². The van der Waals surface area contributed by atoms with Crippen LogP contribution in [0.3, 0.4) is 0 Å². The van der Waals surface area contributed by atoms with Gasteiger partial charge in [-0.25, -0.2) is 4.98 Å². The summed E-state index contributed by atoms with van der Waals surface area (Å²) in [6.45, 7) is 3.99. The van der Waals surface area contributed by atoms with Gasteiger partial charge in [-0.05, 0) is 32.6 Å². The van der Waals surface area contributed by atoms with Crippen molar-refractivity contribution < 1.29 is 4.74 Å². The molecule has 1 heterocycles. The first-order chi connectivity index (χ1) is 8.69. The first kappa shape index (κ1) is 13.3. The van der Waals surface area contributed by atoms with Crippen LogP contribution in [0.25, 0.3) is 0 Å². The average Bonchev–Trinajstić information content (AvgIpc) is 2.54. The summed E-state index contributed by atoms with van der Waals surface area (Å²) >= 11 is 0. The van der Waals surface area contributed by atoms with Crippen LogP contribution in [-0.4, -0.2) is 22.1 Å². The maximum Gasteiger partial charge on any atom is 0.217 e. The molecule has 1 fully saturated rings. The van der Waals surface area contributed by atoms with E-state index in [1.54, 1.807) is 0 Å². The predicted octanol–water partition coefficient (Wildman–Crippen LogP) is 2.39. The molecule has 0 aliphatic heterocycles. The van der Waals surface area contributed by atoms with Crippen LogP contribution >= 0.6 is 0 Å². The predicted molar refractivity (Wildman–Crippen MR) is 71.6 cm³/mol. The number of nitrogens with two attached hydrogens (primary N) is 1. The number of hydrogen-bond acceptors (Lipinski definition) is 4. The third-order valence-corrected chi connectivity index (χ3v) is 3.51. The fraction of sp³-hybridized carbons (Fsp3) is 0.714. The molecule has 2 atom stereocenters. The molecule has 0 saturated heterocycles. The largest absolute Gasteiger partial charge is 0.473 e. The first-order valence-electron chi connectivity index (χ1n) is 6.96. The molecular formula is C14H23N3O. The molecule has 0 aromatic carbocycles. The summed E-state index contributed by atoms with van der Waals surface area (Å²) in [5.41, 5.74) is 7.19. The van der Waals surface area contributed by atoms with Gasteiger partial charge in [0.25, 0.3) is 0 Å². The highest BCUT2D eigenvalue weighted by Crippen LogP contribution is 2.21. The maximum absolute atomic E-state index is 6.17. The van der Waals surface area contributed by atoms with E-state index in [1.165, 1.54) is 19.3 Å². The van der Waals surface area contributed by atoms with Gasteiger partial charge in [-0.2, -0.15) is 4.98 Å². The molecule has 1 aromatic rings. The van der Waals surface area contributed by atoms with Crippen LogP contribution in [0, 0.1) is 6.92 Å². The number of nitrogens with zero attached hydrogens (tertiary/aromatic N) is 2. The molecule has 0 radical (unpaired) electrons. The third-order valence-electron chi connectivity index (χ3n) is 3.51. The lowest BCUT2D eigenvalue weighted by molar-refractivity contribution is 0.155. The zero-order valence-corrected chi connectivity index (χ0v) is 11.4. The quantitative estimate of drug-likeness (QED) is 0.835. The van der Waals surface area contributed by atoms with Gasteiger partial charge in [0, 0.05) is 17.8 Å². The summed E-state index contributed by atoms with van der Waals surface area (Å²) in [7, 11) is 0. The Labute approximate surface area is 109 Å². The second-order valence-corrected chi connectivity index (χ2v) is 5.06. The number of aromatic nitrogens is 2. The lowest BCUT2D eigenvalue weighted by atomic mass is 10.1. The van der Waals surface area contributed by atoms with Crippen molar-refractivity contribution in [1.82, 2.24) is 9.97 Å². The van der Waals surface area contributed by atoms with E-state index in [4.69, 9.17) is 10.5 Å². The molecule has 1 saturated carbocycles. The molecule has 0 spiro atoms. The Balaban J connectivity index is 2.09. The fourth-order valence-electron chi connectivity index (χ4n) is 2.44. The Bertz CT molecular complexity index is 395. The minimum absolute atomic E-state index is 0.103. The van der Waals surface area contributed by atoms with Crippen LogP contribution in [0.15, 0.2) is 6.07 Å². The minimum Gasteiger partial charge on any atom is -0.473 e. The Morgan fingerprint density at radius 3 is 2.83 bits per heavy atom. The second-order valence-electron chi connectivity index (χ2n) is 5.06. The van der Waals surface area contributed by atoms with Gasteiger partial charge in [-0.3, -0.25) is 0 Å². The molecule has 0 bridgehead atoms. The van der Waals surface area contributed by atoms with Crippen molar-refractivity contribution in [1.29, 1.82) is 0 Å². The van der Waals surface area contributed by atoms with Crippen molar-refractivity contribution in [3.63, 3.8) is 0 Å². The molecule has 1 aliphatic carbocycles. The molecule has 1 aromatic heterocycles. The zero-order chi connectivity index (χ0) is 13.0. The van der Waals surface area contributed by atoms with E-state index < -0.39 is 0 Å². The van der Waals surface area contributed by atoms with Gasteiger partial charge < -0.3 is 10.5 Å². The van der Waals surface area contributed by atoms with Crippen molar-refractivity contribution in [3.05, 3.63) is 17.6 Å². The standard InChI is InChI=1S/C14H23N3O/c1-3-11-9-14(17-10(2)16-11)18-13-8-6-4-5-7-12(13)15/h9,12-13H,3-8,15H2,1-2H3. The Morgan fingerprint density at radius 1 is 1.28 bits per heavy atom. The van der Waals surface area contributed by atoms with Gasteiger partial charge in [-0.1, -0.05) is 19.8 Å². The van der Waals surface area contributed by atoms with E-state index in [9.17, 15) is 0 Å². The monoisotopic (exact) mass is 249 g/mol. The van der Waals surface area contributed by atoms with Crippen molar-refractivity contribution in [2.24, 2.45) is 5.73 Å². The molecular weight excluding hydrogens is 226 g/mol. The Morgan fingerprint density at radius 2 is 2.06 bits per heavy atom. The summed E-state index contributed by atoms with van der Waals surface area (Å²) < 4.78 is 5.99. The molecule has 18 heavy (non-hydrogen) atoms. The lowest BCUT2D eigenvalue weighted by Gasteiger charge is -2.22. The van der Waals surface area contributed by atoms with E-state index in [1.807, 2.05) is 13.0 Å². The average molecular weight is 249 g/mol. The fourth-order valence-corrected chi connectivity index (χ4v) is 2.44. The molecule has 4 nitrogen and oxygen atoms in total. The van der Waals surface area contributed by atoms with E-state index in [2.05, 4.69) is 16.9 Å². The van der Waals surface area contributed by atoms with Crippen LogP contribution < -0.4 is 10.5 Å². The van der Waals surface area contributed by atoms with Gasteiger partial charge in [0.05, 0.1) is 0 Å². The smallest absolute Gasteiger partial charge is 0.217 e. The summed E-state index contributed by atoms with van der Waals surface area (Å²) in [6.07, 6.45) is 6.76. The van der Waals surface area contributed by atoms with Crippen molar-refractivity contribution in [2.45, 2.75) is 64.5 Å². The Hall–Kier alpha value is -1.16. The molecule has 100 valence electrons. The van der Waals surface area contributed by atoms with Gasteiger partial charge >= 0.3 is 0 Å². The lowest BCUT2D eigenvalue weighted by Crippen LogP contribution is -2.38. The van der Waals surface area contributed by atoms with Gasteiger partial charge in [0.15, 0.2) is 0 Å². The van der Waals surface area contributed by atoms with Crippen molar-refractivity contribution >= 4 is 0 Å². The van der Waals surface area contributed by atoms with Crippen LogP contribution in [0.4, 0.5) is 0 Å². The molecule has 0 amide bonds.